The maximum absolute atomic E-state index is 12.0. The van der Waals surface area contributed by atoms with Crippen LogP contribution in [0, 0.1) is 17.8 Å². The van der Waals surface area contributed by atoms with E-state index in [0.29, 0.717) is 5.75 Å². The Morgan fingerprint density at radius 1 is 1.00 bits per heavy atom. The van der Waals surface area contributed by atoms with Crippen LogP contribution in [-0.2, 0) is 19.1 Å². The smallest absolute Gasteiger partial charge is 0.317 e. The molecule has 4 aliphatic rings. The molecule has 0 saturated heterocycles. The summed E-state index contributed by atoms with van der Waals surface area (Å²) < 4.78 is 10.6. The number of thiol groups is 1. The molecule has 0 aliphatic heterocycles. The first-order valence-electron chi connectivity index (χ1n) is 7.57. The molecule has 0 atom stereocenters. The van der Waals surface area contributed by atoms with Crippen molar-refractivity contribution < 1.29 is 19.1 Å². The second-order valence-corrected chi connectivity index (χ2v) is 7.14. The lowest BCUT2D eigenvalue weighted by atomic mass is 9.54. The van der Waals surface area contributed by atoms with Crippen molar-refractivity contribution in [2.24, 2.45) is 17.8 Å². The van der Waals surface area contributed by atoms with Gasteiger partial charge in [-0.15, -0.1) is 0 Å². The van der Waals surface area contributed by atoms with Gasteiger partial charge < -0.3 is 9.47 Å². The molecule has 20 heavy (non-hydrogen) atoms. The average Bonchev–Trinajstić information content (AvgIpc) is 2.33. The van der Waals surface area contributed by atoms with Crippen molar-refractivity contribution in [2.45, 2.75) is 50.5 Å². The van der Waals surface area contributed by atoms with Crippen LogP contribution in [-0.4, -0.2) is 29.9 Å². The molecule has 4 rings (SSSR count). The lowest BCUT2D eigenvalue weighted by Crippen LogP contribution is -2.52. The van der Waals surface area contributed by atoms with Crippen molar-refractivity contribution in [1.82, 2.24) is 0 Å². The van der Waals surface area contributed by atoms with Crippen LogP contribution < -0.4 is 0 Å². The average molecular weight is 298 g/mol. The van der Waals surface area contributed by atoms with Crippen molar-refractivity contribution in [3.8, 4) is 0 Å². The lowest BCUT2D eigenvalue weighted by Gasteiger charge is -2.55. The van der Waals surface area contributed by atoms with Crippen molar-refractivity contribution in [3.63, 3.8) is 0 Å². The summed E-state index contributed by atoms with van der Waals surface area (Å²) in [6, 6.07) is 0. The third-order valence-electron chi connectivity index (χ3n) is 4.96. The van der Waals surface area contributed by atoms with Crippen LogP contribution >= 0.6 is 12.6 Å². The summed E-state index contributed by atoms with van der Waals surface area (Å²) in [5.41, 5.74) is -0.268. The van der Waals surface area contributed by atoms with Gasteiger partial charge in [-0.2, -0.15) is 12.6 Å². The summed E-state index contributed by atoms with van der Waals surface area (Å²) in [6.45, 7) is 0.243. The van der Waals surface area contributed by atoms with Gasteiger partial charge in [-0.25, -0.2) is 0 Å². The highest BCUT2D eigenvalue weighted by Gasteiger charge is 2.53. The number of hydrogen-bond donors (Lipinski definition) is 1. The lowest BCUT2D eigenvalue weighted by molar-refractivity contribution is -0.188. The van der Waals surface area contributed by atoms with Crippen LogP contribution in [0.15, 0.2) is 0 Å². The van der Waals surface area contributed by atoms with Crippen LogP contribution in [0.5, 0.6) is 0 Å². The largest absolute Gasteiger partial charge is 0.464 e. The molecule has 4 bridgehead atoms. The van der Waals surface area contributed by atoms with Crippen LogP contribution in [0.3, 0.4) is 0 Å². The highest BCUT2D eigenvalue weighted by atomic mass is 32.1. The SMILES string of the molecule is O=C(CC(=O)OC12CC3CC(CC(C3)C1)C2)OCCS. The zero-order valence-corrected chi connectivity index (χ0v) is 12.6. The van der Waals surface area contributed by atoms with Crippen molar-refractivity contribution in [3.05, 3.63) is 0 Å². The molecule has 112 valence electrons. The minimum atomic E-state index is -0.506. The van der Waals surface area contributed by atoms with Crippen molar-refractivity contribution in [1.29, 1.82) is 0 Å². The minimum Gasteiger partial charge on any atom is -0.464 e. The number of ether oxygens (including phenoxy) is 2. The quantitative estimate of drug-likeness (QED) is 0.481. The molecule has 4 aliphatic carbocycles. The van der Waals surface area contributed by atoms with E-state index >= 15 is 0 Å². The molecule has 0 unspecified atom stereocenters. The van der Waals surface area contributed by atoms with Gasteiger partial charge in [0.15, 0.2) is 0 Å². The molecule has 0 amide bonds. The van der Waals surface area contributed by atoms with Gasteiger partial charge in [-0.1, -0.05) is 0 Å². The molecule has 5 heteroatoms. The fourth-order valence-electron chi connectivity index (χ4n) is 4.76. The number of hydrogen-bond acceptors (Lipinski definition) is 5. The summed E-state index contributed by atoms with van der Waals surface area (Å²) in [4.78, 5) is 23.4. The standard InChI is InChI=1S/C15H22O4S/c16-13(18-1-2-20)6-14(17)19-15-7-10-3-11(8-15)5-12(4-10)9-15/h10-12,20H,1-9H2. The molecule has 0 aromatic rings. The first kappa shape index (κ1) is 14.2. The number of esters is 2. The topological polar surface area (TPSA) is 52.6 Å². The van der Waals surface area contributed by atoms with Gasteiger partial charge in [0.25, 0.3) is 0 Å². The Morgan fingerprint density at radius 3 is 2.05 bits per heavy atom. The molecule has 4 nitrogen and oxygen atoms in total. The molecule has 4 fully saturated rings. The highest BCUT2D eigenvalue weighted by molar-refractivity contribution is 7.80. The molecule has 4 saturated carbocycles. The minimum absolute atomic E-state index is 0.243. The van der Waals surface area contributed by atoms with Gasteiger partial charge in [0.05, 0.1) is 0 Å². The third-order valence-corrected chi connectivity index (χ3v) is 5.14. The molecule has 0 radical (unpaired) electrons. The maximum Gasteiger partial charge on any atom is 0.317 e. The van der Waals surface area contributed by atoms with Crippen LogP contribution in [0.1, 0.15) is 44.9 Å². The van der Waals surface area contributed by atoms with Crippen LogP contribution in [0.2, 0.25) is 0 Å². The Balaban J connectivity index is 1.55. The summed E-state index contributed by atoms with van der Waals surface area (Å²) in [6.07, 6.45) is 6.64. The Kier molecular flexibility index (Phi) is 3.98. The van der Waals surface area contributed by atoms with Crippen LogP contribution in [0.4, 0.5) is 0 Å². The number of rotatable bonds is 5. The van der Waals surface area contributed by atoms with Crippen LogP contribution in [0.25, 0.3) is 0 Å². The summed E-state index contributed by atoms with van der Waals surface area (Å²) in [5.74, 6) is 1.72. The molecule has 0 aromatic heterocycles. The van der Waals surface area contributed by atoms with E-state index in [1.807, 2.05) is 0 Å². The zero-order chi connectivity index (χ0) is 14.2. The van der Waals surface area contributed by atoms with Crippen molar-refractivity contribution >= 4 is 24.6 Å². The Hall–Kier alpha value is -0.710. The van der Waals surface area contributed by atoms with E-state index in [0.717, 1.165) is 37.0 Å². The van der Waals surface area contributed by atoms with E-state index in [1.54, 1.807) is 0 Å². The predicted molar refractivity (Wildman–Crippen MR) is 76.4 cm³/mol. The van der Waals surface area contributed by atoms with Gasteiger partial charge >= 0.3 is 11.9 Å². The van der Waals surface area contributed by atoms with Gasteiger partial charge in [-0.05, 0) is 56.3 Å². The second kappa shape index (κ2) is 5.58. The third kappa shape index (κ3) is 2.97. The fourth-order valence-corrected chi connectivity index (χ4v) is 4.85. The monoisotopic (exact) mass is 298 g/mol. The van der Waals surface area contributed by atoms with Gasteiger partial charge in [0, 0.05) is 5.75 Å². The zero-order valence-electron chi connectivity index (χ0n) is 11.7. The van der Waals surface area contributed by atoms with E-state index in [4.69, 9.17) is 9.47 Å². The number of carbonyl (C=O) groups excluding carboxylic acids is 2. The van der Waals surface area contributed by atoms with Gasteiger partial charge in [0.1, 0.15) is 18.6 Å². The van der Waals surface area contributed by atoms with E-state index in [1.165, 1.54) is 19.3 Å². The van der Waals surface area contributed by atoms with Gasteiger partial charge in [-0.3, -0.25) is 9.59 Å². The molecule has 0 aromatic carbocycles. The molecule has 0 heterocycles. The maximum atomic E-state index is 12.0. The normalized spacial score (nSPS) is 37.8. The first-order chi connectivity index (χ1) is 9.58. The Labute approximate surface area is 125 Å². The van der Waals surface area contributed by atoms with E-state index in [2.05, 4.69) is 12.6 Å². The van der Waals surface area contributed by atoms with Gasteiger partial charge in [0.2, 0.25) is 0 Å². The molecular weight excluding hydrogens is 276 g/mol. The van der Waals surface area contributed by atoms with Crippen molar-refractivity contribution in [2.75, 3.05) is 12.4 Å². The summed E-state index contributed by atoms with van der Waals surface area (Å²) >= 11 is 3.96. The highest BCUT2D eigenvalue weighted by Crippen LogP contribution is 2.57. The Morgan fingerprint density at radius 2 is 1.55 bits per heavy atom. The molecule has 0 spiro atoms. The number of carbonyl (C=O) groups is 2. The second-order valence-electron chi connectivity index (χ2n) is 6.70. The fraction of sp³-hybridized carbons (Fsp3) is 0.867. The Bertz CT molecular complexity index is 371. The van der Waals surface area contributed by atoms with E-state index in [-0.39, 0.29) is 18.6 Å². The first-order valence-corrected chi connectivity index (χ1v) is 8.20. The summed E-state index contributed by atoms with van der Waals surface area (Å²) in [5, 5.41) is 0. The summed E-state index contributed by atoms with van der Waals surface area (Å²) in [7, 11) is 0. The van der Waals surface area contributed by atoms with E-state index < -0.39 is 11.9 Å². The molecular formula is C15H22O4S. The molecule has 0 N–H and O–H groups in total. The van der Waals surface area contributed by atoms with E-state index in [9.17, 15) is 9.59 Å². The predicted octanol–water partition coefficient (Wildman–Crippen LogP) is 2.36.